The molecule has 2 aromatic carbocycles. The fraction of sp³-hybridized carbons (Fsp3) is 0.278. The van der Waals surface area contributed by atoms with Crippen molar-refractivity contribution >= 4 is 16.7 Å². The zero-order valence-corrected chi connectivity index (χ0v) is 13.8. The van der Waals surface area contributed by atoms with E-state index in [1.54, 1.807) is 11.8 Å². The third kappa shape index (κ3) is 3.53. The number of hydrogen-bond acceptors (Lipinski definition) is 4. The minimum Gasteiger partial charge on any atom is -0.497 e. The molecular weight excluding hydrogens is 304 g/mol. The third-order valence-corrected chi connectivity index (χ3v) is 4.01. The Balaban J connectivity index is 1.65. The lowest BCUT2D eigenvalue weighted by Crippen LogP contribution is -2.28. The van der Waals surface area contributed by atoms with Crippen LogP contribution in [0.4, 0.5) is 0 Å². The molecule has 1 amide bonds. The summed E-state index contributed by atoms with van der Waals surface area (Å²) in [6, 6.07) is 11.9. The van der Waals surface area contributed by atoms with Crippen LogP contribution in [0.25, 0.3) is 10.8 Å². The van der Waals surface area contributed by atoms with Crippen molar-refractivity contribution in [2.45, 2.75) is 12.8 Å². The maximum Gasteiger partial charge on any atom is 0.224 e. The van der Waals surface area contributed by atoms with Crippen LogP contribution in [-0.2, 0) is 24.7 Å². The molecule has 6 nitrogen and oxygen atoms in total. The Morgan fingerprint density at radius 3 is 2.92 bits per heavy atom. The molecule has 0 radical (unpaired) electrons. The average Bonchev–Trinajstić information content (AvgIpc) is 3.00. The van der Waals surface area contributed by atoms with Gasteiger partial charge < -0.3 is 10.1 Å². The van der Waals surface area contributed by atoms with Gasteiger partial charge in [-0.3, -0.25) is 9.48 Å². The first-order chi connectivity index (χ1) is 11.7. The molecular formula is C18H20N4O2. The van der Waals surface area contributed by atoms with E-state index in [1.807, 2.05) is 43.4 Å². The minimum atomic E-state index is -0.00696. The number of ether oxygens (including phenoxy) is 1. The van der Waals surface area contributed by atoms with Gasteiger partial charge in [0.2, 0.25) is 5.91 Å². The Morgan fingerprint density at radius 1 is 1.29 bits per heavy atom. The van der Waals surface area contributed by atoms with Crippen molar-refractivity contribution in [1.82, 2.24) is 20.1 Å². The number of nitrogens with zero attached hydrogens (tertiary/aromatic N) is 3. The van der Waals surface area contributed by atoms with E-state index in [0.29, 0.717) is 19.4 Å². The summed E-state index contributed by atoms with van der Waals surface area (Å²) in [6.07, 6.45) is 2.51. The SMILES string of the molecule is COc1ccc2cccc(CC(=O)NCCc3ncnn3C)c2c1. The van der Waals surface area contributed by atoms with Gasteiger partial charge in [0.05, 0.1) is 13.5 Å². The maximum absolute atomic E-state index is 12.2. The molecule has 124 valence electrons. The molecule has 0 fully saturated rings. The summed E-state index contributed by atoms with van der Waals surface area (Å²) >= 11 is 0. The molecule has 24 heavy (non-hydrogen) atoms. The Labute approximate surface area is 140 Å². The predicted molar refractivity (Wildman–Crippen MR) is 91.9 cm³/mol. The molecule has 1 N–H and O–H groups in total. The first kappa shape index (κ1) is 16.0. The van der Waals surface area contributed by atoms with Crippen molar-refractivity contribution in [1.29, 1.82) is 0 Å². The van der Waals surface area contributed by atoms with Gasteiger partial charge in [-0.15, -0.1) is 0 Å². The third-order valence-electron chi connectivity index (χ3n) is 4.01. The van der Waals surface area contributed by atoms with Crippen LogP contribution in [0.5, 0.6) is 5.75 Å². The largest absolute Gasteiger partial charge is 0.497 e. The van der Waals surface area contributed by atoms with Gasteiger partial charge in [0, 0.05) is 20.0 Å². The summed E-state index contributed by atoms with van der Waals surface area (Å²) in [4.78, 5) is 16.4. The topological polar surface area (TPSA) is 69.0 Å². The summed E-state index contributed by atoms with van der Waals surface area (Å²) in [5.41, 5.74) is 0.988. The van der Waals surface area contributed by atoms with Crippen molar-refractivity contribution in [3.05, 3.63) is 54.1 Å². The van der Waals surface area contributed by atoms with Gasteiger partial charge in [-0.1, -0.05) is 24.3 Å². The molecule has 0 unspecified atom stereocenters. The molecule has 0 aliphatic heterocycles. The van der Waals surface area contributed by atoms with Crippen LogP contribution in [0.2, 0.25) is 0 Å². The van der Waals surface area contributed by atoms with Crippen LogP contribution >= 0.6 is 0 Å². The normalized spacial score (nSPS) is 10.8. The monoisotopic (exact) mass is 324 g/mol. The first-order valence-electron chi connectivity index (χ1n) is 7.82. The quantitative estimate of drug-likeness (QED) is 0.752. The number of methoxy groups -OCH3 is 1. The molecule has 0 saturated carbocycles. The van der Waals surface area contributed by atoms with E-state index in [-0.39, 0.29) is 5.91 Å². The lowest BCUT2D eigenvalue weighted by Gasteiger charge is -2.09. The van der Waals surface area contributed by atoms with Crippen LogP contribution in [0.15, 0.2) is 42.7 Å². The molecule has 1 aromatic heterocycles. The van der Waals surface area contributed by atoms with Crippen LogP contribution < -0.4 is 10.1 Å². The van der Waals surface area contributed by atoms with E-state index in [1.165, 1.54) is 6.33 Å². The summed E-state index contributed by atoms with van der Waals surface area (Å²) in [6.45, 7) is 0.541. The molecule has 3 aromatic rings. The highest BCUT2D eigenvalue weighted by Gasteiger charge is 2.08. The Bertz CT molecular complexity index is 857. The Hall–Kier alpha value is -2.89. The standard InChI is InChI=1S/C18H20N4O2/c1-22-17(20-12-21-22)8-9-19-18(23)10-14-5-3-4-13-6-7-15(24-2)11-16(13)14/h3-7,11-12H,8-10H2,1-2H3,(H,19,23). The van der Waals surface area contributed by atoms with Crippen LogP contribution in [0, 0.1) is 0 Å². The second-order valence-corrected chi connectivity index (χ2v) is 5.58. The van der Waals surface area contributed by atoms with Crippen LogP contribution in [0.1, 0.15) is 11.4 Å². The molecule has 3 rings (SSSR count). The summed E-state index contributed by atoms with van der Waals surface area (Å²) < 4.78 is 7.00. The second kappa shape index (κ2) is 7.12. The maximum atomic E-state index is 12.2. The number of hydrogen-bond donors (Lipinski definition) is 1. The second-order valence-electron chi connectivity index (χ2n) is 5.58. The van der Waals surface area contributed by atoms with Gasteiger partial charge in [0.25, 0.3) is 0 Å². The van der Waals surface area contributed by atoms with Crippen LogP contribution in [0.3, 0.4) is 0 Å². The molecule has 0 aliphatic rings. The lowest BCUT2D eigenvalue weighted by atomic mass is 10.0. The zero-order chi connectivity index (χ0) is 16.9. The van der Waals surface area contributed by atoms with Crippen molar-refractivity contribution in [3.63, 3.8) is 0 Å². The molecule has 0 saturated heterocycles. The molecule has 0 atom stereocenters. The first-order valence-corrected chi connectivity index (χ1v) is 7.82. The number of amides is 1. The van der Waals surface area contributed by atoms with E-state index in [9.17, 15) is 4.79 Å². The summed E-state index contributed by atoms with van der Waals surface area (Å²) in [5.74, 6) is 1.63. The lowest BCUT2D eigenvalue weighted by molar-refractivity contribution is -0.120. The van der Waals surface area contributed by atoms with E-state index < -0.39 is 0 Å². The highest BCUT2D eigenvalue weighted by molar-refractivity contribution is 5.91. The Morgan fingerprint density at radius 2 is 2.17 bits per heavy atom. The minimum absolute atomic E-state index is 0.00696. The number of carbonyl (C=O) groups is 1. The van der Waals surface area contributed by atoms with Gasteiger partial charge in [-0.05, 0) is 28.5 Å². The molecule has 0 aliphatic carbocycles. The van der Waals surface area contributed by atoms with E-state index in [4.69, 9.17) is 4.74 Å². The van der Waals surface area contributed by atoms with Crippen molar-refractivity contribution < 1.29 is 9.53 Å². The fourth-order valence-electron chi connectivity index (χ4n) is 2.69. The number of fused-ring (bicyclic) bond motifs is 1. The van der Waals surface area contributed by atoms with Gasteiger partial charge in [0.15, 0.2) is 0 Å². The molecule has 0 spiro atoms. The van der Waals surface area contributed by atoms with Gasteiger partial charge in [0.1, 0.15) is 17.9 Å². The smallest absolute Gasteiger partial charge is 0.224 e. The van der Waals surface area contributed by atoms with Crippen molar-refractivity contribution in [2.75, 3.05) is 13.7 Å². The number of carbonyl (C=O) groups excluding carboxylic acids is 1. The van der Waals surface area contributed by atoms with E-state index in [0.717, 1.165) is 27.9 Å². The summed E-state index contributed by atoms with van der Waals surface area (Å²) in [7, 11) is 3.48. The van der Waals surface area contributed by atoms with Gasteiger partial charge >= 0.3 is 0 Å². The zero-order valence-electron chi connectivity index (χ0n) is 13.8. The molecule has 6 heteroatoms. The highest BCUT2D eigenvalue weighted by atomic mass is 16.5. The number of rotatable bonds is 6. The molecule has 1 heterocycles. The van der Waals surface area contributed by atoms with E-state index in [2.05, 4.69) is 15.4 Å². The van der Waals surface area contributed by atoms with Crippen molar-refractivity contribution in [2.24, 2.45) is 7.05 Å². The summed E-state index contributed by atoms with van der Waals surface area (Å²) in [5, 5.41) is 9.09. The number of aromatic nitrogens is 3. The predicted octanol–water partition coefficient (Wildman–Crippen LogP) is 1.88. The highest BCUT2D eigenvalue weighted by Crippen LogP contribution is 2.24. The average molecular weight is 324 g/mol. The Kier molecular flexibility index (Phi) is 4.74. The number of aryl methyl sites for hydroxylation is 1. The number of benzene rings is 2. The van der Waals surface area contributed by atoms with E-state index >= 15 is 0 Å². The van der Waals surface area contributed by atoms with Crippen LogP contribution in [-0.4, -0.2) is 34.3 Å². The van der Waals surface area contributed by atoms with Gasteiger partial charge in [-0.25, -0.2) is 4.98 Å². The van der Waals surface area contributed by atoms with Gasteiger partial charge in [-0.2, -0.15) is 5.10 Å². The fourth-order valence-corrected chi connectivity index (χ4v) is 2.69. The molecule has 0 bridgehead atoms. The number of nitrogens with one attached hydrogen (secondary N) is 1. The van der Waals surface area contributed by atoms with Crippen molar-refractivity contribution in [3.8, 4) is 5.75 Å².